The van der Waals surface area contributed by atoms with E-state index in [0.717, 1.165) is 0 Å². The zero-order valence-corrected chi connectivity index (χ0v) is 18.7. The standard InChI is InChI=1S/C23H26O12/c1-31-14-3-9(4-15(32-2)18(14)27)22-16(7-11-12(26)5-10(25)6-13(11)33-22)34-23-21(30)20(29)19(28)17(8-24)35-23/h3-7,10,17,19-21,23-30H,8H2,1-2H3. The smallest absolute Gasteiger partial charge is 0.229 e. The van der Waals surface area contributed by atoms with Crippen molar-refractivity contribution >= 4 is 5.76 Å². The van der Waals surface area contributed by atoms with Gasteiger partial charge in [-0.05, 0) is 30.4 Å². The topological polar surface area (TPSA) is 188 Å². The zero-order chi connectivity index (χ0) is 25.4. The van der Waals surface area contributed by atoms with Crippen molar-refractivity contribution < 1.29 is 59.4 Å². The van der Waals surface area contributed by atoms with Gasteiger partial charge >= 0.3 is 0 Å². The number of allylic oxidation sites excluding steroid dienone is 1. The maximum atomic E-state index is 10.4. The third-order valence-corrected chi connectivity index (χ3v) is 5.74. The molecule has 12 heteroatoms. The lowest BCUT2D eigenvalue weighted by Gasteiger charge is -2.40. The van der Waals surface area contributed by atoms with Crippen LogP contribution in [0, 0.1) is 0 Å². The summed E-state index contributed by atoms with van der Waals surface area (Å²) in [7, 11) is 2.67. The van der Waals surface area contributed by atoms with E-state index in [1.54, 1.807) is 0 Å². The molecule has 2 heterocycles. The quantitative estimate of drug-likeness (QED) is 0.270. The summed E-state index contributed by atoms with van der Waals surface area (Å²) in [4.78, 5) is 0. The molecule has 1 aromatic rings. The molecule has 0 aromatic heterocycles. The summed E-state index contributed by atoms with van der Waals surface area (Å²) in [6, 6.07) is 2.83. The molecule has 2 aliphatic heterocycles. The molecule has 0 amide bonds. The summed E-state index contributed by atoms with van der Waals surface area (Å²) < 4.78 is 27.6. The van der Waals surface area contributed by atoms with Crippen molar-refractivity contribution in [3.8, 4) is 17.2 Å². The molecular formula is C23H26O12. The Balaban J connectivity index is 1.82. The average Bonchev–Trinajstić information content (AvgIpc) is 2.84. The van der Waals surface area contributed by atoms with E-state index in [9.17, 15) is 35.7 Å². The Labute approximate surface area is 199 Å². The zero-order valence-electron chi connectivity index (χ0n) is 18.7. The van der Waals surface area contributed by atoms with E-state index in [1.807, 2.05) is 0 Å². The first kappa shape index (κ1) is 24.9. The number of methoxy groups -OCH3 is 2. The molecule has 7 N–H and O–H groups in total. The summed E-state index contributed by atoms with van der Waals surface area (Å²) in [5, 5.41) is 70.7. The number of benzene rings is 1. The van der Waals surface area contributed by atoms with Gasteiger partial charge in [0.15, 0.2) is 23.0 Å². The van der Waals surface area contributed by atoms with Crippen LogP contribution in [0.3, 0.4) is 0 Å². The van der Waals surface area contributed by atoms with Gasteiger partial charge in [-0.2, -0.15) is 0 Å². The second-order valence-corrected chi connectivity index (χ2v) is 7.97. The monoisotopic (exact) mass is 494 g/mol. The number of phenolic OH excluding ortho intramolecular Hbond substituents is 1. The van der Waals surface area contributed by atoms with Gasteiger partial charge in [-0.25, -0.2) is 0 Å². The van der Waals surface area contributed by atoms with Crippen LogP contribution >= 0.6 is 0 Å². The summed E-state index contributed by atoms with van der Waals surface area (Å²) in [6.07, 6.45) is -5.02. The molecule has 0 bridgehead atoms. The number of rotatable bonds is 6. The second kappa shape index (κ2) is 9.77. The summed E-state index contributed by atoms with van der Waals surface area (Å²) in [5.74, 6) is -0.487. The Kier molecular flexibility index (Phi) is 6.94. The fourth-order valence-corrected chi connectivity index (χ4v) is 3.86. The molecule has 0 spiro atoms. The summed E-state index contributed by atoms with van der Waals surface area (Å²) in [5.41, 5.74) is 0.423. The van der Waals surface area contributed by atoms with Crippen LogP contribution < -0.4 is 9.47 Å². The van der Waals surface area contributed by atoms with E-state index < -0.39 is 43.4 Å². The Bertz CT molecular complexity index is 1080. The van der Waals surface area contributed by atoms with Gasteiger partial charge in [0.1, 0.15) is 35.9 Å². The number of aliphatic hydroxyl groups is 6. The van der Waals surface area contributed by atoms with Gasteiger partial charge in [-0.15, -0.1) is 0 Å². The normalized spacial score (nSPS) is 30.4. The fourth-order valence-electron chi connectivity index (χ4n) is 3.86. The molecule has 6 atom stereocenters. The molecule has 12 nitrogen and oxygen atoms in total. The molecule has 3 aliphatic rings. The molecule has 1 saturated heterocycles. The molecule has 1 aromatic carbocycles. The molecule has 190 valence electrons. The molecule has 6 unspecified atom stereocenters. The first-order valence-electron chi connectivity index (χ1n) is 10.6. The lowest BCUT2D eigenvalue weighted by Crippen LogP contribution is -2.59. The van der Waals surface area contributed by atoms with Crippen LogP contribution in [-0.4, -0.2) is 93.4 Å². The highest BCUT2D eigenvalue weighted by Crippen LogP contribution is 2.44. The van der Waals surface area contributed by atoms with Gasteiger partial charge in [-0.3, -0.25) is 0 Å². The number of aromatic hydroxyl groups is 1. The number of phenols is 1. The highest BCUT2D eigenvalue weighted by Gasteiger charge is 2.45. The van der Waals surface area contributed by atoms with Crippen molar-refractivity contribution in [2.75, 3.05) is 20.8 Å². The predicted octanol–water partition coefficient (Wildman–Crippen LogP) is -0.449. The summed E-state index contributed by atoms with van der Waals surface area (Å²) in [6.45, 7) is -0.658. The van der Waals surface area contributed by atoms with Crippen molar-refractivity contribution in [1.29, 1.82) is 0 Å². The van der Waals surface area contributed by atoms with E-state index in [0.29, 0.717) is 0 Å². The van der Waals surface area contributed by atoms with Gasteiger partial charge in [0.05, 0.1) is 32.5 Å². The van der Waals surface area contributed by atoms with E-state index in [-0.39, 0.29) is 51.4 Å². The minimum absolute atomic E-state index is 0.00420. The highest BCUT2D eigenvalue weighted by molar-refractivity contribution is 5.73. The molecule has 4 rings (SSSR count). The number of aliphatic hydroxyl groups excluding tert-OH is 6. The van der Waals surface area contributed by atoms with E-state index >= 15 is 0 Å². The minimum Gasteiger partial charge on any atom is -0.507 e. The van der Waals surface area contributed by atoms with E-state index in [4.69, 9.17) is 23.7 Å². The molecule has 1 fully saturated rings. The summed E-state index contributed by atoms with van der Waals surface area (Å²) >= 11 is 0. The first-order chi connectivity index (χ1) is 16.7. The van der Waals surface area contributed by atoms with Crippen molar-refractivity contribution in [2.24, 2.45) is 0 Å². The first-order valence-corrected chi connectivity index (χ1v) is 10.6. The van der Waals surface area contributed by atoms with Crippen LogP contribution in [0.25, 0.3) is 5.76 Å². The van der Waals surface area contributed by atoms with Crippen LogP contribution in [0.2, 0.25) is 0 Å². The maximum Gasteiger partial charge on any atom is 0.229 e. The van der Waals surface area contributed by atoms with Crippen LogP contribution in [0.15, 0.2) is 53.2 Å². The Hall–Kier alpha value is -3.26. The van der Waals surface area contributed by atoms with Crippen molar-refractivity contribution in [3.05, 3.63) is 58.8 Å². The number of fused-ring (bicyclic) bond motifs is 1. The number of hydrogen-bond acceptors (Lipinski definition) is 12. The largest absolute Gasteiger partial charge is 0.507 e. The van der Waals surface area contributed by atoms with E-state index in [2.05, 4.69) is 0 Å². The van der Waals surface area contributed by atoms with Crippen LogP contribution in [0.4, 0.5) is 0 Å². The lowest BCUT2D eigenvalue weighted by atomic mass is 9.98. The van der Waals surface area contributed by atoms with E-state index in [1.165, 1.54) is 44.6 Å². The maximum absolute atomic E-state index is 10.4. The predicted molar refractivity (Wildman–Crippen MR) is 117 cm³/mol. The average molecular weight is 494 g/mol. The van der Waals surface area contributed by atoms with Gasteiger partial charge in [0.25, 0.3) is 0 Å². The fraction of sp³-hybridized carbons (Fsp3) is 0.391. The van der Waals surface area contributed by atoms with Gasteiger partial charge in [0.2, 0.25) is 12.0 Å². The van der Waals surface area contributed by atoms with Crippen molar-refractivity contribution in [1.82, 2.24) is 0 Å². The number of hydrogen-bond donors (Lipinski definition) is 7. The van der Waals surface area contributed by atoms with Crippen LogP contribution in [-0.2, 0) is 14.2 Å². The third-order valence-electron chi connectivity index (χ3n) is 5.74. The molecule has 1 aliphatic carbocycles. The molecular weight excluding hydrogens is 468 g/mol. The Morgan fingerprint density at radius 1 is 0.914 bits per heavy atom. The lowest BCUT2D eigenvalue weighted by molar-refractivity contribution is -0.290. The number of ether oxygens (including phenoxy) is 5. The van der Waals surface area contributed by atoms with Crippen molar-refractivity contribution in [3.63, 3.8) is 0 Å². The Morgan fingerprint density at radius 2 is 1.57 bits per heavy atom. The van der Waals surface area contributed by atoms with Gasteiger partial charge in [0, 0.05) is 5.56 Å². The van der Waals surface area contributed by atoms with Crippen molar-refractivity contribution in [2.45, 2.75) is 36.8 Å². The third kappa shape index (κ3) is 4.55. The second-order valence-electron chi connectivity index (χ2n) is 7.97. The Morgan fingerprint density at radius 3 is 2.17 bits per heavy atom. The molecule has 0 radical (unpaired) electrons. The highest BCUT2D eigenvalue weighted by atomic mass is 16.7. The molecule has 35 heavy (non-hydrogen) atoms. The van der Waals surface area contributed by atoms with Crippen LogP contribution in [0.5, 0.6) is 17.2 Å². The molecule has 0 saturated carbocycles. The van der Waals surface area contributed by atoms with Gasteiger partial charge in [-0.1, -0.05) is 0 Å². The van der Waals surface area contributed by atoms with Crippen LogP contribution in [0.1, 0.15) is 5.56 Å². The minimum atomic E-state index is -1.71. The SMILES string of the molecule is COc1cc(C2=C(OC3OC(CO)C(O)C(O)C3O)C=C3C(O)=CC(O)C=C3O2)cc(OC)c1O. The van der Waals surface area contributed by atoms with Gasteiger partial charge < -0.3 is 59.4 Å².